The first-order valence-corrected chi connectivity index (χ1v) is 7.02. The summed E-state index contributed by atoms with van der Waals surface area (Å²) in [4.78, 5) is 16.9. The van der Waals surface area contributed by atoms with Gasteiger partial charge in [-0.1, -0.05) is 47.6 Å². The topological polar surface area (TPSA) is 57.1 Å². The molecule has 0 bridgehead atoms. The van der Waals surface area contributed by atoms with Gasteiger partial charge in [-0.2, -0.15) is 0 Å². The largest absolute Gasteiger partial charge is 0.493 e. The van der Waals surface area contributed by atoms with Gasteiger partial charge in [-0.25, -0.2) is 4.79 Å². The number of ether oxygens (including phenoxy) is 2. The van der Waals surface area contributed by atoms with Gasteiger partial charge in [0.1, 0.15) is 5.71 Å². The Morgan fingerprint density at radius 2 is 1.78 bits per heavy atom. The summed E-state index contributed by atoms with van der Waals surface area (Å²) in [5, 5.41) is 3.89. The molecule has 0 saturated heterocycles. The first-order valence-electron chi connectivity index (χ1n) is 7.02. The van der Waals surface area contributed by atoms with Gasteiger partial charge in [0.15, 0.2) is 11.5 Å². The van der Waals surface area contributed by atoms with E-state index in [4.69, 9.17) is 14.3 Å². The third kappa shape index (κ3) is 2.81. The molecule has 1 heterocycles. The average Bonchev–Trinajstić information content (AvgIpc) is 2.96. The summed E-state index contributed by atoms with van der Waals surface area (Å²) < 4.78 is 10.7. The number of methoxy groups -OCH3 is 2. The number of para-hydroxylation sites is 1. The van der Waals surface area contributed by atoms with Crippen LogP contribution in [0.4, 0.5) is 0 Å². The number of carbonyl (C=O) groups excluding carboxylic acids is 1. The molecule has 0 N–H and O–H groups in total. The summed E-state index contributed by atoms with van der Waals surface area (Å²) in [5.74, 6) is 0.648. The van der Waals surface area contributed by atoms with Crippen LogP contribution in [0.5, 0.6) is 11.5 Å². The fourth-order valence-corrected chi connectivity index (χ4v) is 2.39. The summed E-state index contributed by atoms with van der Waals surface area (Å²) >= 11 is 0. The zero-order valence-corrected chi connectivity index (χ0v) is 12.8. The van der Waals surface area contributed by atoms with Gasteiger partial charge in [-0.15, -0.1) is 0 Å². The Bertz CT molecular complexity index is 794. The van der Waals surface area contributed by atoms with Gasteiger partial charge in [0, 0.05) is 11.1 Å². The van der Waals surface area contributed by atoms with Crippen LogP contribution in [0, 0.1) is 0 Å². The van der Waals surface area contributed by atoms with Crippen molar-refractivity contribution >= 4 is 17.8 Å². The van der Waals surface area contributed by atoms with Gasteiger partial charge in [-0.3, -0.25) is 0 Å². The van der Waals surface area contributed by atoms with Crippen molar-refractivity contribution in [2.75, 3.05) is 14.2 Å². The van der Waals surface area contributed by atoms with Crippen molar-refractivity contribution in [3.05, 3.63) is 65.2 Å². The van der Waals surface area contributed by atoms with Gasteiger partial charge in [-0.05, 0) is 12.1 Å². The first kappa shape index (κ1) is 14.8. The molecule has 0 saturated carbocycles. The smallest absolute Gasteiger partial charge is 0.368 e. The van der Waals surface area contributed by atoms with Gasteiger partial charge < -0.3 is 14.3 Å². The monoisotopic (exact) mass is 309 g/mol. The average molecular weight is 309 g/mol. The third-order valence-electron chi connectivity index (χ3n) is 3.48. The minimum Gasteiger partial charge on any atom is -0.493 e. The van der Waals surface area contributed by atoms with Gasteiger partial charge in [0.25, 0.3) is 0 Å². The van der Waals surface area contributed by atoms with Gasteiger partial charge >= 0.3 is 5.97 Å². The van der Waals surface area contributed by atoms with E-state index in [0.29, 0.717) is 28.3 Å². The van der Waals surface area contributed by atoms with E-state index in [1.54, 1.807) is 26.4 Å². The maximum Gasteiger partial charge on any atom is 0.368 e. The maximum atomic E-state index is 12.0. The van der Waals surface area contributed by atoms with E-state index in [9.17, 15) is 4.79 Å². The molecule has 0 aliphatic carbocycles. The van der Waals surface area contributed by atoms with E-state index < -0.39 is 5.97 Å². The Kier molecular flexibility index (Phi) is 4.10. The van der Waals surface area contributed by atoms with E-state index in [0.717, 1.165) is 5.56 Å². The molecule has 1 aliphatic heterocycles. The highest BCUT2D eigenvalue weighted by molar-refractivity contribution is 6.31. The Balaban J connectivity index is 2.08. The molecule has 116 valence electrons. The zero-order chi connectivity index (χ0) is 16.2. The lowest BCUT2D eigenvalue weighted by Crippen LogP contribution is -2.07. The number of hydrogen-bond acceptors (Lipinski definition) is 5. The van der Waals surface area contributed by atoms with Crippen LogP contribution in [0.3, 0.4) is 0 Å². The summed E-state index contributed by atoms with van der Waals surface area (Å²) in [7, 11) is 3.12. The van der Waals surface area contributed by atoms with Crippen molar-refractivity contribution in [3.63, 3.8) is 0 Å². The normalized spacial score (nSPS) is 15.3. The Morgan fingerprint density at radius 1 is 1.00 bits per heavy atom. The summed E-state index contributed by atoms with van der Waals surface area (Å²) in [6, 6.07) is 14.9. The van der Waals surface area contributed by atoms with Crippen LogP contribution < -0.4 is 9.47 Å². The molecule has 0 aromatic heterocycles. The highest BCUT2D eigenvalue weighted by Crippen LogP contribution is 2.33. The maximum absolute atomic E-state index is 12.0. The molecular weight excluding hydrogens is 294 g/mol. The van der Waals surface area contributed by atoms with Crippen LogP contribution in [0.15, 0.2) is 59.3 Å². The number of rotatable bonds is 4. The SMILES string of the molecule is COc1cccc(C=C2C(=O)ON=C2c2ccccc2)c1OC. The van der Waals surface area contributed by atoms with Crippen molar-refractivity contribution in [3.8, 4) is 11.5 Å². The minimum absolute atomic E-state index is 0.378. The van der Waals surface area contributed by atoms with E-state index in [1.807, 2.05) is 42.5 Å². The molecule has 23 heavy (non-hydrogen) atoms. The number of nitrogens with zero attached hydrogens (tertiary/aromatic N) is 1. The van der Waals surface area contributed by atoms with Crippen LogP contribution in [0.1, 0.15) is 11.1 Å². The summed E-state index contributed by atoms with van der Waals surface area (Å²) in [6.45, 7) is 0. The lowest BCUT2D eigenvalue weighted by molar-refractivity contribution is -0.136. The van der Waals surface area contributed by atoms with Crippen LogP contribution in [-0.2, 0) is 9.63 Å². The molecule has 0 spiro atoms. The van der Waals surface area contributed by atoms with Crippen molar-refractivity contribution in [1.29, 1.82) is 0 Å². The lowest BCUT2D eigenvalue weighted by atomic mass is 10.0. The Morgan fingerprint density at radius 3 is 2.48 bits per heavy atom. The predicted octanol–water partition coefficient (Wildman–Crippen LogP) is 3.05. The molecule has 0 amide bonds. The van der Waals surface area contributed by atoms with Crippen molar-refractivity contribution in [1.82, 2.24) is 0 Å². The highest BCUT2D eigenvalue weighted by atomic mass is 16.7. The zero-order valence-electron chi connectivity index (χ0n) is 12.8. The van der Waals surface area contributed by atoms with E-state index in [1.165, 1.54) is 0 Å². The highest BCUT2D eigenvalue weighted by Gasteiger charge is 2.27. The summed E-state index contributed by atoms with van der Waals surface area (Å²) in [5.41, 5.74) is 2.40. The predicted molar refractivity (Wildman–Crippen MR) is 86.6 cm³/mol. The Hall–Kier alpha value is -3.08. The number of carbonyl (C=O) groups is 1. The minimum atomic E-state index is -0.492. The molecule has 5 heteroatoms. The van der Waals surface area contributed by atoms with E-state index >= 15 is 0 Å². The second-order valence-corrected chi connectivity index (χ2v) is 4.83. The van der Waals surface area contributed by atoms with Gasteiger partial charge in [0.2, 0.25) is 0 Å². The molecule has 2 aromatic carbocycles. The molecule has 0 atom stereocenters. The third-order valence-corrected chi connectivity index (χ3v) is 3.48. The van der Waals surface area contributed by atoms with Crippen LogP contribution in [0.25, 0.3) is 6.08 Å². The molecule has 1 aliphatic rings. The fourth-order valence-electron chi connectivity index (χ4n) is 2.39. The second-order valence-electron chi connectivity index (χ2n) is 4.83. The number of benzene rings is 2. The first-order chi connectivity index (χ1) is 11.2. The van der Waals surface area contributed by atoms with Crippen LogP contribution in [0.2, 0.25) is 0 Å². The van der Waals surface area contributed by atoms with Crippen molar-refractivity contribution < 1.29 is 19.1 Å². The standard InChI is InChI=1S/C18H15NO4/c1-21-15-10-6-9-13(17(15)22-2)11-14-16(19-23-18(14)20)12-7-4-3-5-8-12/h3-11H,1-2H3. The van der Waals surface area contributed by atoms with Crippen molar-refractivity contribution in [2.24, 2.45) is 5.16 Å². The summed E-state index contributed by atoms with van der Waals surface area (Å²) in [6.07, 6.45) is 1.70. The quantitative estimate of drug-likeness (QED) is 0.643. The van der Waals surface area contributed by atoms with E-state index in [2.05, 4.69) is 5.16 Å². The molecule has 2 aromatic rings. The number of oxime groups is 1. The molecule has 0 fully saturated rings. The molecule has 0 radical (unpaired) electrons. The van der Waals surface area contributed by atoms with Gasteiger partial charge in [0.05, 0.1) is 19.8 Å². The molecular formula is C18H15NO4. The lowest BCUT2D eigenvalue weighted by Gasteiger charge is -2.10. The molecule has 5 nitrogen and oxygen atoms in total. The van der Waals surface area contributed by atoms with Crippen molar-refractivity contribution in [2.45, 2.75) is 0 Å². The second kappa shape index (κ2) is 6.36. The fraction of sp³-hybridized carbons (Fsp3) is 0.111. The Labute approximate surface area is 133 Å². The molecule has 0 unspecified atom stereocenters. The molecule has 3 rings (SSSR count). The van der Waals surface area contributed by atoms with Crippen LogP contribution in [-0.4, -0.2) is 25.9 Å². The van der Waals surface area contributed by atoms with E-state index in [-0.39, 0.29) is 0 Å². The van der Waals surface area contributed by atoms with Crippen LogP contribution >= 0.6 is 0 Å². The number of hydrogen-bond donors (Lipinski definition) is 0.